The van der Waals surface area contributed by atoms with E-state index in [1.165, 1.54) is 5.56 Å². The summed E-state index contributed by atoms with van der Waals surface area (Å²) in [6.45, 7) is 6.77. The maximum Gasteiger partial charge on any atom is 0.118 e. The van der Waals surface area contributed by atoms with E-state index in [0.717, 1.165) is 44.5 Å². The normalized spacial score (nSPS) is 28.5. The Morgan fingerprint density at radius 1 is 1.32 bits per heavy atom. The van der Waals surface area contributed by atoms with Crippen LogP contribution >= 0.6 is 0 Å². The van der Waals surface area contributed by atoms with E-state index in [0.29, 0.717) is 6.61 Å². The summed E-state index contributed by atoms with van der Waals surface area (Å²) in [6, 6.07) is 8.16. The fourth-order valence-electron chi connectivity index (χ4n) is 3.16. The number of methoxy groups -OCH3 is 1. The minimum atomic E-state index is -0.570. The molecule has 124 valence electrons. The molecule has 1 fully saturated rings. The van der Waals surface area contributed by atoms with Crippen LogP contribution in [0.2, 0.25) is 0 Å². The SMILES string of the molecule is CC[C@@]1(C)C[C@](O)(CC[NH2+]Cc2ccc(OC)cc2)CCO1. The molecule has 1 aliphatic rings. The highest BCUT2D eigenvalue weighted by Gasteiger charge is 2.40. The lowest BCUT2D eigenvalue weighted by Crippen LogP contribution is -2.83. The van der Waals surface area contributed by atoms with Crippen LogP contribution in [0.15, 0.2) is 24.3 Å². The molecule has 0 amide bonds. The maximum absolute atomic E-state index is 10.8. The van der Waals surface area contributed by atoms with Crippen LogP contribution in [0.1, 0.15) is 45.1 Å². The summed E-state index contributed by atoms with van der Waals surface area (Å²) in [5.41, 5.74) is 0.542. The van der Waals surface area contributed by atoms with Crippen molar-refractivity contribution in [3.8, 4) is 5.75 Å². The number of aliphatic hydroxyl groups is 1. The van der Waals surface area contributed by atoms with Crippen molar-refractivity contribution in [1.29, 1.82) is 0 Å². The van der Waals surface area contributed by atoms with Gasteiger partial charge in [0.15, 0.2) is 0 Å². The molecule has 0 saturated carbocycles. The van der Waals surface area contributed by atoms with Crippen LogP contribution < -0.4 is 10.1 Å². The summed E-state index contributed by atoms with van der Waals surface area (Å²) < 4.78 is 11.0. The molecule has 1 aromatic rings. The molecule has 0 spiro atoms. The monoisotopic (exact) mass is 308 g/mol. The summed E-state index contributed by atoms with van der Waals surface area (Å²) in [5.74, 6) is 0.888. The van der Waals surface area contributed by atoms with E-state index in [-0.39, 0.29) is 5.60 Å². The number of ether oxygens (including phenoxy) is 2. The second kappa shape index (κ2) is 7.44. The first kappa shape index (κ1) is 17.3. The molecule has 0 aliphatic carbocycles. The number of quaternary nitrogens is 1. The molecule has 1 saturated heterocycles. The van der Waals surface area contributed by atoms with Crippen molar-refractivity contribution < 1.29 is 19.9 Å². The Bertz CT molecular complexity index is 462. The van der Waals surface area contributed by atoms with E-state index in [1.807, 2.05) is 12.1 Å². The van der Waals surface area contributed by atoms with Crippen LogP contribution in [-0.2, 0) is 11.3 Å². The lowest BCUT2D eigenvalue weighted by atomic mass is 9.80. The zero-order valence-corrected chi connectivity index (χ0v) is 14.1. The molecular weight excluding hydrogens is 278 g/mol. The van der Waals surface area contributed by atoms with Crippen molar-refractivity contribution in [3.63, 3.8) is 0 Å². The van der Waals surface area contributed by atoms with Crippen LogP contribution in [0, 0.1) is 0 Å². The van der Waals surface area contributed by atoms with E-state index in [2.05, 4.69) is 31.3 Å². The number of benzene rings is 1. The third-order valence-electron chi connectivity index (χ3n) is 4.82. The Labute approximate surface area is 133 Å². The first-order valence-corrected chi connectivity index (χ1v) is 8.30. The fourth-order valence-corrected chi connectivity index (χ4v) is 3.16. The van der Waals surface area contributed by atoms with Gasteiger partial charge in [-0.25, -0.2) is 0 Å². The van der Waals surface area contributed by atoms with Gasteiger partial charge in [-0.1, -0.05) is 6.92 Å². The molecule has 0 unspecified atom stereocenters. The van der Waals surface area contributed by atoms with Gasteiger partial charge >= 0.3 is 0 Å². The summed E-state index contributed by atoms with van der Waals surface area (Å²) in [5, 5.41) is 13.0. The molecule has 0 radical (unpaired) electrons. The quantitative estimate of drug-likeness (QED) is 0.756. The average Bonchev–Trinajstić information content (AvgIpc) is 2.52. The van der Waals surface area contributed by atoms with Crippen LogP contribution in [0.5, 0.6) is 5.75 Å². The number of nitrogens with two attached hydrogens (primary N) is 1. The Morgan fingerprint density at radius 2 is 2.05 bits per heavy atom. The molecule has 1 heterocycles. The van der Waals surface area contributed by atoms with Crippen molar-refractivity contribution in [3.05, 3.63) is 29.8 Å². The molecule has 1 aromatic carbocycles. The first-order chi connectivity index (χ1) is 10.5. The minimum absolute atomic E-state index is 0.164. The first-order valence-electron chi connectivity index (χ1n) is 8.30. The molecule has 0 bridgehead atoms. The van der Waals surface area contributed by atoms with Gasteiger partial charge in [0.05, 0.1) is 31.5 Å². The third kappa shape index (κ3) is 4.70. The van der Waals surface area contributed by atoms with Crippen LogP contribution in [-0.4, -0.2) is 36.6 Å². The zero-order valence-electron chi connectivity index (χ0n) is 14.1. The van der Waals surface area contributed by atoms with Crippen molar-refractivity contribution in [2.75, 3.05) is 20.3 Å². The Balaban J connectivity index is 1.75. The van der Waals surface area contributed by atoms with Gasteiger partial charge in [0.2, 0.25) is 0 Å². The highest BCUT2D eigenvalue weighted by Crippen LogP contribution is 2.35. The molecule has 2 rings (SSSR count). The van der Waals surface area contributed by atoms with Crippen molar-refractivity contribution in [2.24, 2.45) is 0 Å². The topological polar surface area (TPSA) is 55.3 Å². The van der Waals surface area contributed by atoms with E-state index in [9.17, 15) is 5.11 Å². The van der Waals surface area contributed by atoms with Gasteiger partial charge in [-0.05, 0) is 44.0 Å². The van der Waals surface area contributed by atoms with Gasteiger partial charge in [-0.2, -0.15) is 0 Å². The highest BCUT2D eigenvalue weighted by atomic mass is 16.5. The second-order valence-corrected chi connectivity index (χ2v) is 6.68. The van der Waals surface area contributed by atoms with Gasteiger partial charge in [-0.15, -0.1) is 0 Å². The van der Waals surface area contributed by atoms with E-state index in [1.54, 1.807) is 7.11 Å². The average molecular weight is 308 g/mol. The smallest absolute Gasteiger partial charge is 0.118 e. The molecule has 4 nitrogen and oxygen atoms in total. The fraction of sp³-hybridized carbons (Fsp3) is 0.667. The Morgan fingerprint density at radius 3 is 2.68 bits per heavy atom. The Kier molecular flexibility index (Phi) is 5.84. The molecule has 0 aromatic heterocycles. The zero-order chi connectivity index (χ0) is 16.1. The summed E-state index contributed by atoms with van der Waals surface area (Å²) in [6.07, 6.45) is 3.26. The van der Waals surface area contributed by atoms with Crippen LogP contribution in [0.3, 0.4) is 0 Å². The van der Waals surface area contributed by atoms with Gasteiger partial charge < -0.3 is 19.9 Å². The predicted octanol–water partition coefficient (Wildman–Crippen LogP) is 1.86. The number of rotatable bonds is 7. The summed E-state index contributed by atoms with van der Waals surface area (Å²) in [4.78, 5) is 0. The lowest BCUT2D eigenvalue weighted by Gasteiger charge is -2.42. The van der Waals surface area contributed by atoms with E-state index < -0.39 is 5.60 Å². The van der Waals surface area contributed by atoms with Crippen molar-refractivity contribution in [2.45, 2.75) is 57.3 Å². The maximum atomic E-state index is 10.8. The van der Waals surface area contributed by atoms with Crippen molar-refractivity contribution in [1.82, 2.24) is 0 Å². The van der Waals surface area contributed by atoms with Crippen LogP contribution in [0.25, 0.3) is 0 Å². The largest absolute Gasteiger partial charge is 0.497 e. The van der Waals surface area contributed by atoms with Gasteiger partial charge in [-0.3, -0.25) is 0 Å². The lowest BCUT2D eigenvalue weighted by molar-refractivity contribution is -0.672. The van der Waals surface area contributed by atoms with Crippen LogP contribution in [0.4, 0.5) is 0 Å². The number of hydrogen-bond donors (Lipinski definition) is 2. The summed E-state index contributed by atoms with van der Waals surface area (Å²) >= 11 is 0. The van der Waals surface area contributed by atoms with E-state index >= 15 is 0 Å². The van der Waals surface area contributed by atoms with Gasteiger partial charge in [0.1, 0.15) is 12.3 Å². The second-order valence-electron chi connectivity index (χ2n) is 6.68. The predicted molar refractivity (Wildman–Crippen MR) is 86.9 cm³/mol. The third-order valence-corrected chi connectivity index (χ3v) is 4.82. The Hall–Kier alpha value is -1.10. The molecular formula is C18H30NO3+. The summed E-state index contributed by atoms with van der Waals surface area (Å²) in [7, 11) is 1.68. The molecule has 4 heteroatoms. The molecule has 1 aliphatic heterocycles. The minimum Gasteiger partial charge on any atom is -0.497 e. The highest BCUT2D eigenvalue weighted by molar-refractivity contribution is 5.26. The molecule has 22 heavy (non-hydrogen) atoms. The van der Waals surface area contributed by atoms with Crippen molar-refractivity contribution >= 4 is 0 Å². The van der Waals surface area contributed by atoms with E-state index in [4.69, 9.17) is 9.47 Å². The standard InChI is InChI=1S/C18H29NO3/c1-4-17(2)14-18(20,10-12-22-17)9-11-19-13-15-5-7-16(21-3)8-6-15/h5-8,19-20H,4,9-14H2,1-3H3/p+1/t17-,18-/m0/s1. The molecule has 2 atom stereocenters. The van der Waals surface area contributed by atoms with Gasteiger partial charge in [0, 0.05) is 18.4 Å². The number of hydrogen-bond acceptors (Lipinski definition) is 3. The van der Waals surface area contributed by atoms with Gasteiger partial charge in [0.25, 0.3) is 0 Å². The molecule has 3 N–H and O–H groups in total.